The first-order valence-corrected chi connectivity index (χ1v) is 4.44. The molecule has 0 saturated carbocycles. The fourth-order valence-corrected chi connectivity index (χ4v) is 0.682. The van der Waals surface area contributed by atoms with Crippen LogP contribution in [0.4, 0.5) is 0 Å². The Morgan fingerprint density at radius 1 is 1.23 bits per heavy atom. The van der Waals surface area contributed by atoms with Crippen molar-refractivity contribution in [3.8, 4) is 0 Å². The number of hydrogen-bond acceptors (Lipinski definition) is 1. The first-order chi connectivity index (χ1) is 6.06. The quantitative estimate of drug-likeness (QED) is 0.788. The molecule has 0 radical (unpaired) electrons. The average molecular weight is 221 g/mol. The van der Waals surface area contributed by atoms with E-state index in [9.17, 15) is 4.79 Å². The van der Waals surface area contributed by atoms with E-state index in [0.29, 0.717) is 0 Å². The van der Waals surface area contributed by atoms with Crippen LogP contribution in [0.1, 0.15) is 13.3 Å². The fraction of sp³-hybridized carbons (Fsp3) is 0.222. The molecule has 1 rings (SSSR count). The molecule has 0 aliphatic heterocycles. The van der Waals surface area contributed by atoms with Crippen molar-refractivity contribution in [2.45, 2.75) is 13.3 Å². The average Bonchev–Trinajstić information content (AvgIpc) is 2.11. The summed E-state index contributed by atoms with van der Waals surface area (Å²) in [6, 6.07) is 7.02. The second-order valence-electron chi connectivity index (χ2n) is 2.18. The Bertz CT molecular complexity index is 236. The Morgan fingerprint density at radius 2 is 1.46 bits per heavy atom. The van der Waals surface area contributed by atoms with E-state index < -0.39 is 5.97 Å². The lowest BCUT2D eigenvalue weighted by Crippen LogP contribution is -1.86. The molecule has 13 heavy (non-hydrogen) atoms. The van der Waals surface area contributed by atoms with E-state index in [1.54, 1.807) is 31.2 Å². The van der Waals surface area contributed by atoms with E-state index in [1.807, 2.05) is 0 Å². The van der Waals surface area contributed by atoms with E-state index >= 15 is 0 Å². The second kappa shape index (κ2) is 6.75. The Labute approximate surface area is 87.1 Å². The molecule has 0 amide bonds. The van der Waals surface area contributed by atoms with Crippen LogP contribution < -0.4 is 0 Å². The highest BCUT2D eigenvalue weighted by molar-refractivity contribution is 6.32. The molecule has 0 spiro atoms. The molecule has 0 atom stereocenters. The Morgan fingerprint density at radius 3 is 1.62 bits per heavy atom. The summed E-state index contributed by atoms with van der Waals surface area (Å²) < 4.78 is 0. The molecule has 0 heterocycles. The van der Waals surface area contributed by atoms with Crippen molar-refractivity contribution >= 4 is 29.2 Å². The Kier molecular flexibility index (Phi) is 6.37. The molecule has 0 saturated heterocycles. The van der Waals surface area contributed by atoms with Crippen LogP contribution >= 0.6 is 23.2 Å². The van der Waals surface area contributed by atoms with Crippen LogP contribution in [0.25, 0.3) is 0 Å². The van der Waals surface area contributed by atoms with Gasteiger partial charge in [-0.05, 0) is 24.3 Å². The Balaban J connectivity index is 0.000000252. The normalized spacial score (nSPS) is 8.54. The summed E-state index contributed by atoms with van der Waals surface area (Å²) in [5.74, 6) is -0.745. The first-order valence-electron chi connectivity index (χ1n) is 3.69. The van der Waals surface area contributed by atoms with Gasteiger partial charge in [0.05, 0.1) is 0 Å². The van der Waals surface area contributed by atoms with E-state index in [4.69, 9.17) is 28.3 Å². The monoisotopic (exact) mass is 220 g/mol. The molecular formula is C9H10Cl2O2. The van der Waals surface area contributed by atoms with Crippen molar-refractivity contribution in [3.05, 3.63) is 34.3 Å². The number of carboxylic acids is 1. The highest BCUT2D eigenvalue weighted by atomic mass is 35.5. The number of benzene rings is 1. The van der Waals surface area contributed by atoms with Gasteiger partial charge in [0.15, 0.2) is 0 Å². The molecule has 1 N–H and O–H groups in total. The van der Waals surface area contributed by atoms with Gasteiger partial charge in [0.2, 0.25) is 0 Å². The molecule has 2 nitrogen and oxygen atoms in total. The largest absolute Gasteiger partial charge is 0.481 e. The van der Waals surface area contributed by atoms with Gasteiger partial charge in [0.1, 0.15) is 0 Å². The van der Waals surface area contributed by atoms with Gasteiger partial charge in [-0.15, -0.1) is 0 Å². The van der Waals surface area contributed by atoms with Crippen LogP contribution in [0.2, 0.25) is 10.0 Å². The number of halogens is 2. The van der Waals surface area contributed by atoms with Gasteiger partial charge in [-0.2, -0.15) is 0 Å². The molecule has 0 bridgehead atoms. The smallest absolute Gasteiger partial charge is 0.303 e. The molecule has 0 aromatic heterocycles. The van der Waals surface area contributed by atoms with E-state index in [2.05, 4.69) is 0 Å². The third kappa shape index (κ3) is 7.62. The third-order valence-electron chi connectivity index (χ3n) is 1.11. The van der Waals surface area contributed by atoms with Crippen LogP contribution in [0, 0.1) is 0 Å². The molecular weight excluding hydrogens is 211 g/mol. The first kappa shape index (κ1) is 12.3. The number of hydrogen-bond donors (Lipinski definition) is 1. The van der Waals surface area contributed by atoms with Crippen molar-refractivity contribution in [2.75, 3.05) is 0 Å². The minimum Gasteiger partial charge on any atom is -0.481 e. The van der Waals surface area contributed by atoms with Gasteiger partial charge in [0.25, 0.3) is 0 Å². The number of carbonyl (C=O) groups is 1. The lowest BCUT2D eigenvalue weighted by Gasteiger charge is -1.86. The van der Waals surface area contributed by atoms with Gasteiger partial charge in [-0.3, -0.25) is 4.79 Å². The predicted molar refractivity (Wildman–Crippen MR) is 54.4 cm³/mol. The van der Waals surface area contributed by atoms with Crippen LogP contribution in [-0.2, 0) is 4.79 Å². The summed E-state index contributed by atoms with van der Waals surface area (Å²) in [7, 11) is 0. The van der Waals surface area contributed by atoms with Gasteiger partial charge < -0.3 is 5.11 Å². The van der Waals surface area contributed by atoms with Crippen molar-refractivity contribution in [1.82, 2.24) is 0 Å². The topological polar surface area (TPSA) is 37.3 Å². The lowest BCUT2D eigenvalue weighted by molar-refractivity contribution is -0.136. The van der Waals surface area contributed by atoms with Gasteiger partial charge >= 0.3 is 5.97 Å². The zero-order chi connectivity index (χ0) is 10.3. The third-order valence-corrected chi connectivity index (χ3v) is 1.61. The van der Waals surface area contributed by atoms with Gasteiger partial charge in [0, 0.05) is 16.5 Å². The SMILES string of the molecule is CCC(=O)O.Clc1ccc(Cl)cc1. The second-order valence-corrected chi connectivity index (χ2v) is 3.06. The summed E-state index contributed by atoms with van der Waals surface area (Å²) in [5.41, 5.74) is 0. The maximum absolute atomic E-state index is 9.37. The maximum Gasteiger partial charge on any atom is 0.303 e. The van der Waals surface area contributed by atoms with Crippen LogP contribution in [0.5, 0.6) is 0 Å². The van der Waals surface area contributed by atoms with Crippen molar-refractivity contribution in [2.24, 2.45) is 0 Å². The zero-order valence-electron chi connectivity index (χ0n) is 7.13. The molecule has 4 heteroatoms. The van der Waals surface area contributed by atoms with Crippen molar-refractivity contribution in [3.63, 3.8) is 0 Å². The lowest BCUT2D eigenvalue weighted by atomic mass is 10.4. The Hall–Kier alpha value is -0.730. The maximum atomic E-state index is 9.37. The molecule has 0 unspecified atom stereocenters. The molecule has 0 aliphatic carbocycles. The van der Waals surface area contributed by atoms with Gasteiger partial charge in [-0.25, -0.2) is 0 Å². The number of carboxylic acid groups (broad SMARTS) is 1. The van der Waals surface area contributed by atoms with E-state index in [-0.39, 0.29) is 6.42 Å². The summed E-state index contributed by atoms with van der Waals surface area (Å²) in [6.45, 7) is 1.60. The van der Waals surface area contributed by atoms with E-state index in [1.165, 1.54) is 0 Å². The summed E-state index contributed by atoms with van der Waals surface area (Å²) >= 11 is 11.1. The highest BCUT2D eigenvalue weighted by Crippen LogP contribution is 2.12. The standard InChI is InChI=1S/C6H4Cl2.C3H6O2/c7-5-1-2-6(8)4-3-5;1-2-3(4)5/h1-4H;2H2,1H3,(H,4,5). The van der Waals surface area contributed by atoms with E-state index in [0.717, 1.165) is 10.0 Å². The molecule has 1 aromatic carbocycles. The van der Waals surface area contributed by atoms with Crippen LogP contribution in [0.15, 0.2) is 24.3 Å². The predicted octanol–water partition coefficient (Wildman–Crippen LogP) is 3.47. The molecule has 1 aromatic rings. The highest BCUT2D eigenvalue weighted by Gasteiger charge is 1.83. The summed E-state index contributed by atoms with van der Waals surface area (Å²) in [5, 5.41) is 9.16. The number of rotatable bonds is 1. The molecule has 0 aliphatic rings. The zero-order valence-corrected chi connectivity index (χ0v) is 8.64. The van der Waals surface area contributed by atoms with Crippen LogP contribution in [-0.4, -0.2) is 11.1 Å². The molecule has 0 fully saturated rings. The minimum absolute atomic E-state index is 0.222. The van der Waals surface area contributed by atoms with Crippen LogP contribution in [0.3, 0.4) is 0 Å². The minimum atomic E-state index is -0.745. The van der Waals surface area contributed by atoms with Gasteiger partial charge in [-0.1, -0.05) is 30.1 Å². The van der Waals surface area contributed by atoms with Crippen molar-refractivity contribution < 1.29 is 9.90 Å². The fourth-order valence-electron chi connectivity index (χ4n) is 0.430. The summed E-state index contributed by atoms with van der Waals surface area (Å²) in [6.07, 6.45) is 0.222. The number of aliphatic carboxylic acids is 1. The molecule has 72 valence electrons. The van der Waals surface area contributed by atoms with Crippen molar-refractivity contribution in [1.29, 1.82) is 0 Å². The summed E-state index contributed by atoms with van der Waals surface area (Å²) in [4.78, 5) is 9.37.